The summed E-state index contributed by atoms with van der Waals surface area (Å²) < 4.78 is 58.2. The van der Waals surface area contributed by atoms with Gasteiger partial charge >= 0.3 is 0 Å². The highest BCUT2D eigenvalue weighted by Crippen LogP contribution is 2.21. The number of nitrogens with two attached hydrogens (primary N) is 1. The number of sulfonamides is 1. The average molecular weight is 308 g/mol. The van der Waals surface area contributed by atoms with Gasteiger partial charge in [-0.2, -0.15) is 0 Å². The molecule has 1 rings (SSSR count). The van der Waals surface area contributed by atoms with Gasteiger partial charge in [0.2, 0.25) is 10.0 Å². The van der Waals surface area contributed by atoms with Crippen LogP contribution in [0.4, 0.5) is 14.5 Å². The summed E-state index contributed by atoms with van der Waals surface area (Å²) in [7, 11) is -4.21. The normalized spacial score (nSPS) is 12.7. The molecule has 8 heteroatoms. The molecule has 0 radical (unpaired) electrons. The Bertz CT molecular complexity index is 589. The Balaban J connectivity index is 3.01. The van der Waals surface area contributed by atoms with Gasteiger partial charge in [-0.3, -0.25) is 0 Å². The van der Waals surface area contributed by atoms with Crippen molar-refractivity contribution in [3.8, 4) is 0 Å². The number of anilines is 1. The van der Waals surface area contributed by atoms with Crippen LogP contribution in [0.5, 0.6) is 0 Å². The molecule has 0 aliphatic rings. The van der Waals surface area contributed by atoms with Crippen molar-refractivity contribution in [1.82, 2.24) is 4.72 Å². The van der Waals surface area contributed by atoms with Gasteiger partial charge in [-0.05, 0) is 32.9 Å². The SMILES string of the molecule is CCOC(C)(C)CNS(=O)(=O)c1cc(N)cc(F)c1F. The Morgan fingerprint density at radius 2 is 1.95 bits per heavy atom. The summed E-state index contributed by atoms with van der Waals surface area (Å²) >= 11 is 0. The number of nitrogens with one attached hydrogen (secondary N) is 1. The summed E-state index contributed by atoms with van der Waals surface area (Å²) in [4.78, 5) is -0.817. The number of ether oxygens (including phenoxy) is 1. The number of hydrogen-bond acceptors (Lipinski definition) is 4. The topological polar surface area (TPSA) is 81.4 Å². The summed E-state index contributed by atoms with van der Waals surface area (Å²) in [5.74, 6) is -2.77. The van der Waals surface area contributed by atoms with Crippen molar-refractivity contribution >= 4 is 15.7 Å². The van der Waals surface area contributed by atoms with Crippen LogP contribution in [-0.4, -0.2) is 27.2 Å². The molecule has 0 amide bonds. The van der Waals surface area contributed by atoms with Crippen molar-refractivity contribution < 1.29 is 21.9 Å². The fraction of sp³-hybridized carbons (Fsp3) is 0.500. The molecule has 0 fully saturated rings. The van der Waals surface area contributed by atoms with Crippen molar-refractivity contribution in [3.05, 3.63) is 23.8 Å². The molecule has 1 aromatic rings. The van der Waals surface area contributed by atoms with Crippen LogP contribution < -0.4 is 10.5 Å². The first-order chi connectivity index (χ1) is 9.09. The van der Waals surface area contributed by atoms with Crippen molar-refractivity contribution in [2.75, 3.05) is 18.9 Å². The van der Waals surface area contributed by atoms with Gasteiger partial charge in [0.05, 0.1) is 5.60 Å². The predicted molar refractivity (Wildman–Crippen MR) is 71.7 cm³/mol. The van der Waals surface area contributed by atoms with Crippen LogP contribution in [0.25, 0.3) is 0 Å². The maximum atomic E-state index is 13.6. The predicted octanol–water partition coefficient (Wildman–Crippen LogP) is 1.64. The zero-order valence-corrected chi connectivity index (χ0v) is 12.4. The second-order valence-electron chi connectivity index (χ2n) is 4.83. The van der Waals surface area contributed by atoms with Crippen molar-refractivity contribution in [3.63, 3.8) is 0 Å². The van der Waals surface area contributed by atoms with E-state index in [0.717, 1.165) is 12.1 Å². The summed E-state index contributed by atoms with van der Waals surface area (Å²) in [5, 5.41) is 0. The standard InChI is InChI=1S/C12H18F2N2O3S/c1-4-19-12(2,3)7-16-20(17,18)10-6-8(15)5-9(13)11(10)14/h5-6,16H,4,7,15H2,1-3H3. The molecular formula is C12H18F2N2O3S. The smallest absolute Gasteiger partial charge is 0.243 e. The molecule has 5 nitrogen and oxygen atoms in total. The van der Waals surface area contributed by atoms with Crippen molar-refractivity contribution in [2.45, 2.75) is 31.3 Å². The van der Waals surface area contributed by atoms with Gasteiger partial charge in [0.1, 0.15) is 4.90 Å². The van der Waals surface area contributed by atoms with Crippen molar-refractivity contribution in [1.29, 1.82) is 0 Å². The molecule has 0 spiro atoms. The lowest BCUT2D eigenvalue weighted by atomic mass is 10.1. The van der Waals surface area contributed by atoms with E-state index in [0.29, 0.717) is 6.61 Å². The van der Waals surface area contributed by atoms with E-state index < -0.39 is 32.2 Å². The third kappa shape index (κ3) is 4.12. The average Bonchev–Trinajstić information content (AvgIpc) is 2.31. The first-order valence-corrected chi connectivity index (χ1v) is 7.45. The maximum absolute atomic E-state index is 13.6. The van der Waals surface area contributed by atoms with E-state index in [2.05, 4.69) is 4.72 Å². The lowest BCUT2D eigenvalue weighted by Gasteiger charge is -2.24. The van der Waals surface area contributed by atoms with E-state index in [-0.39, 0.29) is 12.2 Å². The molecule has 0 aliphatic heterocycles. The van der Waals surface area contributed by atoms with Gasteiger partial charge in [0.25, 0.3) is 0 Å². The monoisotopic (exact) mass is 308 g/mol. The third-order valence-corrected chi connectivity index (χ3v) is 3.93. The molecule has 0 heterocycles. The third-order valence-electron chi connectivity index (χ3n) is 2.53. The largest absolute Gasteiger partial charge is 0.399 e. The number of rotatable bonds is 6. The minimum absolute atomic E-state index is 0.0843. The van der Waals surface area contributed by atoms with E-state index >= 15 is 0 Å². The minimum atomic E-state index is -4.21. The number of halogens is 2. The lowest BCUT2D eigenvalue weighted by molar-refractivity contribution is -0.00516. The summed E-state index contributed by atoms with van der Waals surface area (Å²) in [6, 6.07) is 1.59. The molecule has 0 saturated heterocycles. The first-order valence-electron chi connectivity index (χ1n) is 5.97. The van der Waals surface area contributed by atoms with Crippen LogP contribution in [0.1, 0.15) is 20.8 Å². The van der Waals surface area contributed by atoms with Crippen LogP contribution >= 0.6 is 0 Å². The molecule has 114 valence electrons. The highest BCUT2D eigenvalue weighted by Gasteiger charge is 2.26. The van der Waals surface area contributed by atoms with Gasteiger partial charge in [-0.25, -0.2) is 21.9 Å². The minimum Gasteiger partial charge on any atom is -0.399 e. The number of hydrogen-bond donors (Lipinski definition) is 2. The Morgan fingerprint density at radius 1 is 1.35 bits per heavy atom. The molecule has 1 aromatic carbocycles. The fourth-order valence-corrected chi connectivity index (χ4v) is 2.89. The number of nitrogen functional groups attached to an aromatic ring is 1. The highest BCUT2D eigenvalue weighted by atomic mass is 32.2. The van der Waals surface area contributed by atoms with Crippen LogP contribution in [0.15, 0.2) is 17.0 Å². The summed E-state index contributed by atoms with van der Waals surface area (Å²) in [5.41, 5.74) is 4.39. The number of benzene rings is 1. The van der Waals surface area contributed by atoms with Gasteiger partial charge in [-0.15, -0.1) is 0 Å². The second-order valence-corrected chi connectivity index (χ2v) is 6.57. The first kappa shape index (κ1) is 16.8. The van der Waals surface area contributed by atoms with Crippen LogP contribution in [0.2, 0.25) is 0 Å². The van der Waals surface area contributed by atoms with Crippen LogP contribution in [0.3, 0.4) is 0 Å². The highest BCUT2D eigenvalue weighted by molar-refractivity contribution is 7.89. The Morgan fingerprint density at radius 3 is 2.50 bits per heavy atom. The zero-order chi connectivity index (χ0) is 15.6. The van der Waals surface area contributed by atoms with Gasteiger partial charge in [-0.1, -0.05) is 0 Å². The molecule has 0 aromatic heterocycles. The Labute approximate surface area is 117 Å². The molecule has 0 unspecified atom stereocenters. The van der Waals surface area contributed by atoms with Crippen LogP contribution in [0, 0.1) is 11.6 Å². The van der Waals surface area contributed by atoms with Crippen LogP contribution in [-0.2, 0) is 14.8 Å². The summed E-state index contributed by atoms with van der Waals surface area (Å²) in [6.45, 7) is 5.43. The molecule has 0 saturated carbocycles. The molecule has 20 heavy (non-hydrogen) atoms. The quantitative estimate of drug-likeness (QED) is 0.783. The van der Waals surface area contributed by atoms with Gasteiger partial charge in [0, 0.05) is 18.8 Å². The Hall–Kier alpha value is -1.25. The van der Waals surface area contributed by atoms with Crippen molar-refractivity contribution in [2.24, 2.45) is 0 Å². The van der Waals surface area contributed by atoms with E-state index in [9.17, 15) is 17.2 Å². The fourth-order valence-electron chi connectivity index (χ4n) is 1.57. The Kier molecular flexibility index (Phi) is 5.06. The molecular weight excluding hydrogens is 290 g/mol. The molecule has 0 aliphatic carbocycles. The van der Waals surface area contributed by atoms with Gasteiger partial charge < -0.3 is 10.5 Å². The van der Waals surface area contributed by atoms with E-state index in [1.807, 2.05) is 0 Å². The lowest BCUT2D eigenvalue weighted by Crippen LogP contribution is -2.40. The maximum Gasteiger partial charge on any atom is 0.243 e. The molecule has 0 atom stereocenters. The van der Waals surface area contributed by atoms with E-state index in [4.69, 9.17) is 10.5 Å². The van der Waals surface area contributed by atoms with E-state index in [1.54, 1.807) is 20.8 Å². The molecule has 3 N–H and O–H groups in total. The summed E-state index contributed by atoms with van der Waals surface area (Å²) in [6.07, 6.45) is 0. The van der Waals surface area contributed by atoms with E-state index in [1.165, 1.54) is 0 Å². The van der Waals surface area contributed by atoms with Gasteiger partial charge in [0.15, 0.2) is 11.6 Å². The zero-order valence-electron chi connectivity index (χ0n) is 11.5. The second kappa shape index (κ2) is 6.02. The molecule has 0 bridgehead atoms.